The molecule has 8 aliphatic rings. The molecule has 5 aliphatic carbocycles. The molecule has 2 spiro atoms. The van der Waals surface area contributed by atoms with Crippen LogP contribution in [0.15, 0.2) is 12.2 Å². The maximum atomic E-state index is 15.8. The monoisotopic (exact) mass is 1480 g/mol. The number of nitrogens with zero attached hydrogens (tertiary/aromatic N) is 9. The zero-order chi connectivity index (χ0) is 77.7. The van der Waals surface area contributed by atoms with Crippen molar-refractivity contribution in [3.8, 4) is 12.3 Å². The van der Waals surface area contributed by atoms with Gasteiger partial charge in [-0.15, -0.1) is 12.3 Å². The zero-order valence-electron chi connectivity index (χ0n) is 63.9. The molecule has 0 radical (unpaired) electrons. The summed E-state index contributed by atoms with van der Waals surface area (Å²) in [5.41, 5.74) is -2.79. The molecule has 3 heterocycles. The fourth-order valence-corrected chi connectivity index (χ4v) is 17.8. The van der Waals surface area contributed by atoms with Crippen LogP contribution in [-0.4, -0.2) is 270 Å². The Morgan fingerprint density at radius 3 is 1.90 bits per heavy atom. The molecule has 2 unspecified atom stereocenters. The van der Waals surface area contributed by atoms with Gasteiger partial charge in [-0.3, -0.25) is 57.5 Å². The van der Waals surface area contributed by atoms with E-state index < -0.39 is 210 Å². The molecule has 586 valence electrons. The third-order valence-corrected chi connectivity index (χ3v) is 24.5. The van der Waals surface area contributed by atoms with Crippen LogP contribution in [0.25, 0.3) is 0 Å². The summed E-state index contributed by atoms with van der Waals surface area (Å²) in [6.45, 7) is 8.19. The van der Waals surface area contributed by atoms with E-state index in [1.807, 2.05) is 19.9 Å². The van der Waals surface area contributed by atoms with Crippen LogP contribution in [0.3, 0.4) is 0 Å². The Morgan fingerprint density at radius 2 is 1.32 bits per heavy atom. The standard InChI is InChI=1S/C76H115F5N12O12/c1-15-22-53-64(97)83-62(46(4)16-2)70(103)87(10)41-60(96)89(12)54-25-18-17-21-34-92(69(54)102)56(37-47-28-26-45(3)27-29-47)68(101)86(9)40-58(94)82-52(31-30-48-35-50(77)61(51(78)36-48)76(79,80)81)66(99)93-44-74(32-33-74)39-57(93)65(98)84-75(42-73(5,6)43-75)72(105)91(14)63(49-23-19-20-24-49)71(104)90(13)55(67(100)85(7)8)38-59(95)88(53)11/h1,17-18,45-57,61-63H,16,19-44H2,2-14H3,(H,82,94)(H,83,97)(H,84,98)/b18-17-/t45?,46-,47?,48?,50?,51?,52-,53-,54-,55-,56-,57-,61?,62-,63-/m0/s1. The lowest BCUT2D eigenvalue weighted by Gasteiger charge is -2.54. The van der Waals surface area contributed by atoms with Crippen LogP contribution in [0.4, 0.5) is 22.0 Å². The molecule has 11 atom stereocenters. The number of hydrogen-bond donors (Lipinski definition) is 3. The Labute approximate surface area is 616 Å². The molecule has 2 saturated heterocycles. The van der Waals surface area contributed by atoms with Gasteiger partial charge in [-0.25, -0.2) is 8.78 Å². The molecule has 2 bridgehead atoms. The van der Waals surface area contributed by atoms with Crippen molar-refractivity contribution in [3.05, 3.63) is 12.2 Å². The molecule has 0 aromatic rings. The average Bonchev–Trinajstić information content (AvgIpc) is 1.72. The van der Waals surface area contributed by atoms with Gasteiger partial charge in [-0.05, 0) is 130 Å². The van der Waals surface area contributed by atoms with Gasteiger partial charge in [-0.1, -0.05) is 91.7 Å². The smallest absolute Gasteiger partial charge is 0.347 e. The maximum absolute atomic E-state index is 15.8. The van der Waals surface area contributed by atoms with Crippen molar-refractivity contribution in [3.63, 3.8) is 0 Å². The van der Waals surface area contributed by atoms with Crippen molar-refractivity contribution in [2.24, 2.45) is 46.3 Å². The van der Waals surface area contributed by atoms with E-state index in [2.05, 4.69) is 28.8 Å². The normalized spacial score (nSPS) is 32.9. The van der Waals surface area contributed by atoms with Crippen LogP contribution in [0, 0.1) is 58.7 Å². The number of alkyl halides is 5. The molecule has 24 nitrogen and oxygen atoms in total. The SMILES string of the molecule is C#CC[C@H]1C(=O)N[C@@H]([C@@H](C)CC)C(=O)N(C)CC(=O)N(C)[C@H]2C/C=C\CCN(C2=O)[C@@H](CC2CCC(C)CC2)C(=O)N(C)CC(=O)N[C@@H](CCC2CC(F)C(C(F)(F)F)C(F)C2)C(=O)N2CC3(CC3)C[C@H]2C(=O)NC2(CC(C)(C)C2)C(=O)N(C)[C@@H](C2CCCC2)C(=O)N(C)[C@H](C(=O)N(C)C)CC(=O)N1C. The first kappa shape index (κ1) is 83.2. The predicted octanol–water partition coefficient (Wildman–Crippen LogP) is 5.80. The largest absolute Gasteiger partial charge is 0.397 e. The first-order chi connectivity index (χ1) is 49.2. The maximum Gasteiger partial charge on any atom is 0.397 e. The molecule has 7 fully saturated rings. The third-order valence-electron chi connectivity index (χ3n) is 24.5. The Hall–Kier alpha value is -7.41. The predicted molar refractivity (Wildman–Crippen MR) is 380 cm³/mol. The Kier molecular flexibility index (Phi) is 27.1. The van der Waals surface area contributed by atoms with E-state index in [-0.39, 0.29) is 70.4 Å². The number of carbonyl (C=O) groups excluding carboxylic acids is 12. The summed E-state index contributed by atoms with van der Waals surface area (Å²) in [4.78, 5) is 192. The Morgan fingerprint density at radius 1 is 0.705 bits per heavy atom. The fraction of sp³-hybridized carbons (Fsp3) is 0.789. The highest BCUT2D eigenvalue weighted by Crippen LogP contribution is 2.56. The Bertz CT molecular complexity index is 3290. The molecule has 3 N–H and O–H groups in total. The van der Waals surface area contributed by atoms with E-state index >= 15 is 37.5 Å². The van der Waals surface area contributed by atoms with Crippen molar-refractivity contribution < 1.29 is 79.5 Å². The molecule has 5 saturated carbocycles. The second-order valence-electron chi connectivity index (χ2n) is 33.3. The first-order valence-electron chi connectivity index (χ1n) is 37.9. The zero-order valence-corrected chi connectivity index (χ0v) is 63.9. The molecule has 0 aromatic carbocycles. The number of nitrogens with one attached hydrogen (secondary N) is 3. The molecule has 0 aromatic heterocycles. The van der Waals surface area contributed by atoms with E-state index in [4.69, 9.17) is 6.42 Å². The minimum absolute atomic E-state index is 0.00759. The molecular weight excluding hydrogens is 1370 g/mol. The molecule has 12 amide bonds. The second kappa shape index (κ2) is 34.2. The van der Waals surface area contributed by atoms with Crippen molar-refractivity contribution in [1.29, 1.82) is 0 Å². The van der Waals surface area contributed by atoms with Gasteiger partial charge in [0.15, 0.2) is 0 Å². The lowest BCUT2D eigenvalue weighted by atomic mass is 9.58. The van der Waals surface area contributed by atoms with Crippen molar-refractivity contribution in [2.75, 3.05) is 82.6 Å². The lowest BCUT2D eigenvalue weighted by Crippen LogP contribution is -2.71. The number of halogens is 5. The Balaban J connectivity index is 1.20. The summed E-state index contributed by atoms with van der Waals surface area (Å²) in [6, 6.07) is -10.7. The summed E-state index contributed by atoms with van der Waals surface area (Å²) in [7, 11) is 11.1. The van der Waals surface area contributed by atoms with Crippen LogP contribution in [-0.2, 0) is 57.5 Å². The van der Waals surface area contributed by atoms with Gasteiger partial charge in [0.25, 0.3) is 0 Å². The number of likely N-dealkylation sites (N-methyl/N-ethyl adjacent to an activating group) is 7. The number of terminal acetylenes is 1. The van der Waals surface area contributed by atoms with Gasteiger partial charge in [0.05, 0.1) is 19.5 Å². The van der Waals surface area contributed by atoms with Crippen LogP contribution >= 0.6 is 0 Å². The highest BCUT2D eigenvalue weighted by Gasteiger charge is 2.62. The van der Waals surface area contributed by atoms with Crippen LogP contribution in [0.1, 0.15) is 182 Å². The van der Waals surface area contributed by atoms with Gasteiger partial charge in [-0.2, -0.15) is 13.2 Å². The fourth-order valence-electron chi connectivity index (χ4n) is 17.8. The van der Waals surface area contributed by atoms with Crippen molar-refractivity contribution >= 4 is 70.9 Å². The minimum Gasteiger partial charge on any atom is -0.347 e. The van der Waals surface area contributed by atoms with Crippen LogP contribution in [0.2, 0.25) is 0 Å². The second-order valence-corrected chi connectivity index (χ2v) is 33.3. The highest BCUT2D eigenvalue weighted by atomic mass is 19.4. The summed E-state index contributed by atoms with van der Waals surface area (Å²) in [5, 5.41) is 8.62. The van der Waals surface area contributed by atoms with E-state index in [9.17, 15) is 41.9 Å². The lowest BCUT2D eigenvalue weighted by molar-refractivity contribution is -0.219. The summed E-state index contributed by atoms with van der Waals surface area (Å²) in [5.74, 6) is -10.7. The molecule has 8 rings (SSSR count). The number of hydrogen-bond acceptors (Lipinski definition) is 12. The number of rotatable bonds is 10. The minimum atomic E-state index is -5.17. The van der Waals surface area contributed by atoms with E-state index in [0.29, 0.717) is 57.3 Å². The van der Waals surface area contributed by atoms with Crippen LogP contribution in [0.5, 0.6) is 0 Å². The van der Waals surface area contributed by atoms with Gasteiger partial charge in [0.2, 0.25) is 70.9 Å². The van der Waals surface area contributed by atoms with Crippen molar-refractivity contribution in [2.45, 2.75) is 255 Å². The number of amides is 12. The third kappa shape index (κ3) is 19.3. The molecule has 105 heavy (non-hydrogen) atoms. The molecule has 29 heteroatoms. The number of fused-ring (bicyclic) bond motifs is 3. The highest BCUT2D eigenvalue weighted by molar-refractivity contribution is 6.01. The summed E-state index contributed by atoms with van der Waals surface area (Å²) in [6.07, 6.45) is 3.96. The first-order valence-corrected chi connectivity index (χ1v) is 37.9. The van der Waals surface area contributed by atoms with E-state index in [1.165, 1.54) is 80.9 Å². The quantitative estimate of drug-likeness (QED) is 0.133. The van der Waals surface area contributed by atoms with Gasteiger partial charge in [0.1, 0.15) is 72.1 Å². The van der Waals surface area contributed by atoms with E-state index in [0.717, 1.165) is 45.3 Å². The average molecular weight is 1480 g/mol. The summed E-state index contributed by atoms with van der Waals surface area (Å²) >= 11 is 0. The summed E-state index contributed by atoms with van der Waals surface area (Å²) < 4.78 is 72.9. The van der Waals surface area contributed by atoms with Crippen molar-refractivity contribution in [1.82, 2.24) is 60.0 Å². The molecule has 3 aliphatic heterocycles. The van der Waals surface area contributed by atoms with Crippen LogP contribution < -0.4 is 16.0 Å². The van der Waals surface area contributed by atoms with Gasteiger partial charge < -0.3 is 60.0 Å². The van der Waals surface area contributed by atoms with E-state index in [1.54, 1.807) is 19.9 Å². The topological polar surface area (TPSA) is 270 Å². The van der Waals surface area contributed by atoms with Gasteiger partial charge >= 0.3 is 6.18 Å². The molecular formula is C76H115F5N12O12. The van der Waals surface area contributed by atoms with Gasteiger partial charge in [0, 0.05) is 75.9 Å². The number of carbonyl (C=O) groups is 12.